The first-order valence-corrected chi connectivity index (χ1v) is 7.28. The van der Waals surface area contributed by atoms with Gasteiger partial charge in [-0.1, -0.05) is 24.3 Å². The van der Waals surface area contributed by atoms with Gasteiger partial charge in [-0.3, -0.25) is 4.90 Å². The van der Waals surface area contributed by atoms with Gasteiger partial charge in [0.05, 0.1) is 6.10 Å². The second-order valence-electron chi connectivity index (χ2n) is 5.96. The maximum atomic E-state index is 10.2. The third kappa shape index (κ3) is 2.55. The molecule has 1 N–H and O–H groups in total. The normalized spacial score (nSPS) is 32.0. The molecule has 104 valence electrons. The van der Waals surface area contributed by atoms with Gasteiger partial charge in [0.15, 0.2) is 0 Å². The molecule has 2 saturated heterocycles. The number of piperidine rings is 1. The lowest BCUT2D eigenvalue weighted by Crippen LogP contribution is -2.56. The largest absolute Gasteiger partial charge is 0.390 e. The zero-order valence-corrected chi connectivity index (χ0v) is 11.6. The summed E-state index contributed by atoms with van der Waals surface area (Å²) in [7, 11) is 0. The van der Waals surface area contributed by atoms with Crippen LogP contribution in [0.25, 0.3) is 0 Å². The number of benzene rings is 1. The predicted octanol–water partition coefficient (Wildman–Crippen LogP) is 2.11. The van der Waals surface area contributed by atoms with E-state index in [0.717, 1.165) is 45.5 Å². The van der Waals surface area contributed by atoms with Crippen LogP contribution in [-0.4, -0.2) is 41.4 Å². The number of aryl methyl sites for hydroxylation is 1. The van der Waals surface area contributed by atoms with Crippen LogP contribution in [0.15, 0.2) is 24.3 Å². The molecule has 2 heterocycles. The van der Waals surface area contributed by atoms with Crippen molar-refractivity contribution < 1.29 is 9.84 Å². The molecule has 2 atom stereocenters. The molecular formula is C16H23NO2. The Morgan fingerprint density at radius 2 is 2.26 bits per heavy atom. The highest BCUT2D eigenvalue weighted by Crippen LogP contribution is 2.35. The van der Waals surface area contributed by atoms with Gasteiger partial charge in [0.25, 0.3) is 0 Å². The first kappa shape index (κ1) is 13.1. The van der Waals surface area contributed by atoms with Crippen LogP contribution in [0.1, 0.15) is 30.4 Å². The van der Waals surface area contributed by atoms with Crippen molar-refractivity contribution in [3.05, 3.63) is 35.4 Å². The Labute approximate surface area is 115 Å². The zero-order chi connectivity index (χ0) is 13.3. The number of rotatable bonds is 2. The van der Waals surface area contributed by atoms with E-state index in [4.69, 9.17) is 4.74 Å². The summed E-state index contributed by atoms with van der Waals surface area (Å²) in [6.07, 6.45) is 2.61. The van der Waals surface area contributed by atoms with Gasteiger partial charge in [0, 0.05) is 26.2 Å². The van der Waals surface area contributed by atoms with Crippen LogP contribution in [0.4, 0.5) is 0 Å². The molecule has 0 unspecified atom stereocenters. The molecule has 2 aliphatic heterocycles. The fourth-order valence-corrected chi connectivity index (χ4v) is 3.40. The number of aliphatic hydroxyl groups excluding tert-OH is 1. The zero-order valence-electron chi connectivity index (χ0n) is 11.6. The van der Waals surface area contributed by atoms with Crippen LogP contribution < -0.4 is 0 Å². The summed E-state index contributed by atoms with van der Waals surface area (Å²) < 4.78 is 5.90. The van der Waals surface area contributed by atoms with Crippen molar-refractivity contribution >= 4 is 0 Å². The van der Waals surface area contributed by atoms with Gasteiger partial charge in [0.2, 0.25) is 0 Å². The average molecular weight is 261 g/mol. The smallest absolute Gasteiger partial charge is 0.107 e. The quantitative estimate of drug-likeness (QED) is 0.885. The number of likely N-dealkylation sites (tertiary alicyclic amines) is 1. The van der Waals surface area contributed by atoms with E-state index < -0.39 is 0 Å². The molecule has 1 spiro atoms. The summed E-state index contributed by atoms with van der Waals surface area (Å²) in [6, 6.07) is 8.54. The van der Waals surface area contributed by atoms with E-state index >= 15 is 0 Å². The number of ether oxygens (including phenoxy) is 1. The molecule has 1 aromatic carbocycles. The van der Waals surface area contributed by atoms with Gasteiger partial charge in [-0.25, -0.2) is 0 Å². The maximum Gasteiger partial charge on any atom is 0.107 e. The van der Waals surface area contributed by atoms with Crippen molar-refractivity contribution in [2.75, 3.05) is 19.7 Å². The molecule has 0 radical (unpaired) electrons. The van der Waals surface area contributed by atoms with Crippen LogP contribution in [0.3, 0.4) is 0 Å². The molecule has 3 heteroatoms. The molecule has 1 aromatic rings. The Kier molecular flexibility index (Phi) is 3.61. The summed E-state index contributed by atoms with van der Waals surface area (Å²) >= 11 is 0. The van der Waals surface area contributed by atoms with Crippen LogP contribution in [0.5, 0.6) is 0 Å². The van der Waals surface area contributed by atoms with Gasteiger partial charge in [0.1, 0.15) is 5.60 Å². The lowest BCUT2D eigenvalue weighted by Gasteiger charge is -2.43. The van der Waals surface area contributed by atoms with E-state index in [-0.39, 0.29) is 11.7 Å². The van der Waals surface area contributed by atoms with Gasteiger partial charge >= 0.3 is 0 Å². The lowest BCUT2D eigenvalue weighted by atomic mass is 9.87. The Morgan fingerprint density at radius 3 is 3.00 bits per heavy atom. The van der Waals surface area contributed by atoms with E-state index in [1.54, 1.807) is 0 Å². The maximum absolute atomic E-state index is 10.2. The first-order valence-electron chi connectivity index (χ1n) is 7.28. The highest BCUT2D eigenvalue weighted by Gasteiger charge is 2.45. The third-order valence-electron chi connectivity index (χ3n) is 4.61. The Bertz CT molecular complexity index is 440. The summed E-state index contributed by atoms with van der Waals surface area (Å²) in [5.41, 5.74) is 2.43. The van der Waals surface area contributed by atoms with Gasteiger partial charge < -0.3 is 9.84 Å². The Hall–Kier alpha value is -0.900. The highest BCUT2D eigenvalue weighted by atomic mass is 16.5. The first-order chi connectivity index (χ1) is 9.20. The van der Waals surface area contributed by atoms with E-state index in [9.17, 15) is 5.11 Å². The minimum atomic E-state index is -0.291. The van der Waals surface area contributed by atoms with E-state index in [0.29, 0.717) is 0 Å². The predicted molar refractivity (Wildman–Crippen MR) is 75.0 cm³/mol. The van der Waals surface area contributed by atoms with E-state index in [1.807, 2.05) is 0 Å². The van der Waals surface area contributed by atoms with Crippen molar-refractivity contribution in [1.29, 1.82) is 0 Å². The van der Waals surface area contributed by atoms with Crippen LogP contribution in [0.2, 0.25) is 0 Å². The summed E-state index contributed by atoms with van der Waals surface area (Å²) in [4.78, 5) is 2.43. The van der Waals surface area contributed by atoms with Crippen molar-refractivity contribution in [2.24, 2.45) is 0 Å². The van der Waals surface area contributed by atoms with Gasteiger partial charge in [-0.15, -0.1) is 0 Å². The highest BCUT2D eigenvalue weighted by molar-refractivity contribution is 5.25. The molecule has 2 aliphatic rings. The van der Waals surface area contributed by atoms with Crippen LogP contribution in [0, 0.1) is 6.92 Å². The minimum absolute atomic E-state index is 0.289. The van der Waals surface area contributed by atoms with Crippen molar-refractivity contribution in [3.8, 4) is 0 Å². The SMILES string of the molecule is Cc1ccccc1CN1CC[C@H](O)[C@]2(CCCO2)C1. The topological polar surface area (TPSA) is 32.7 Å². The third-order valence-corrected chi connectivity index (χ3v) is 4.61. The molecule has 0 amide bonds. The summed E-state index contributed by atoms with van der Waals surface area (Å²) in [5.74, 6) is 0. The molecule has 3 rings (SSSR count). The second-order valence-corrected chi connectivity index (χ2v) is 5.96. The number of hydrogen-bond donors (Lipinski definition) is 1. The van der Waals surface area contributed by atoms with Crippen LogP contribution in [-0.2, 0) is 11.3 Å². The molecule has 0 aromatic heterocycles. The lowest BCUT2D eigenvalue weighted by molar-refractivity contribution is -0.132. The van der Waals surface area contributed by atoms with Crippen LogP contribution >= 0.6 is 0 Å². The van der Waals surface area contributed by atoms with Crippen molar-refractivity contribution in [1.82, 2.24) is 4.90 Å². The Balaban J connectivity index is 1.71. The fourth-order valence-electron chi connectivity index (χ4n) is 3.40. The molecule has 2 fully saturated rings. The number of aliphatic hydroxyl groups is 1. The molecular weight excluding hydrogens is 238 g/mol. The van der Waals surface area contributed by atoms with Crippen molar-refractivity contribution in [3.63, 3.8) is 0 Å². The fraction of sp³-hybridized carbons (Fsp3) is 0.625. The molecule has 3 nitrogen and oxygen atoms in total. The summed E-state index contributed by atoms with van der Waals surface area (Å²) in [5, 5.41) is 10.2. The van der Waals surface area contributed by atoms with E-state index in [2.05, 4.69) is 36.1 Å². The minimum Gasteiger partial charge on any atom is -0.390 e. The Morgan fingerprint density at radius 1 is 1.42 bits per heavy atom. The second kappa shape index (κ2) is 5.23. The molecule has 19 heavy (non-hydrogen) atoms. The average Bonchev–Trinajstić information content (AvgIpc) is 2.86. The van der Waals surface area contributed by atoms with Gasteiger partial charge in [-0.05, 0) is 37.3 Å². The number of hydrogen-bond acceptors (Lipinski definition) is 3. The molecule has 0 bridgehead atoms. The number of nitrogens with zero attached hydrogens (tertiary/aromatic N) is 1. The monoisotopic (exact) mass is 261 g/mol. The summed E-state index contributed by atoms with van der Waals surface area (Å²) in [6.45, 7) is 5.75. The van der Waals surface area contributed by atoms with E-state index in [1.165, 1.54) is 11.1 Å². The molecule has 0 aliphatic carbocycles. The standard InChI is InChI=1S/C16H23NO2/c1-13-5-2-3-6-14(13)11-17-9-7-15(18)16(12-17)8-4-10-19-16/h2-3,5-6,15,18H,4,7-12H2,1H3/t15-,16-/m0/s1. The molecule has 0 saturated carbocycles. The van der Waals surface area contributed by atoms with Gasteiger partial charge in [-0.2, -0.15) is 0 Å². The van der Waals surface area contributed by atoms with Crippen molar-refractivity contribution in [2.45, 2.75) is 44.4 Å².